The van der Waals surface area contributed by atoms with Crippen LogP contribution in [0.15, 0.2) is 0 Å². The van der Waals surface area contributed by atoms with Crippen molar-refractivity contribution in [3.05, 3.63) is 0 Å². The summed E-state index contributed by atoms with van der Waals surface area (Å²) in [6, 6.07) is 0. The minimum Gasteiger partial charge on any atom is -0.357 e. The Hall–Kier alpha value is -0.940. The maximum absolute atomic E-state index is 12.2. The highest BCUT2D eigenvalue weighted by Gasteiger charge is 2.43. The van der Waals surface area contributed by atoms with E-state index in [4.69, 9.17) is 4.74 Å². The van der Waals surface area contributed by atoms with Crippen LogP contribution in [0.25, 0.3) is 0 Å². The van der Waals surface area contributed by atoms with Gasteiger partial charge in [-0.3, -0.25) is 9.59 Å². The molecule has 5 nitrogen and oxygen atoms in total. The Kier molecular flexibility index (Phi) is 3.25. The smallest absolute Gasteiger partial charge is 0.238 e. The summed E-state index contributed by atoms with van der Waals surface area (Å²) in [6.07, 6.45) is 2.70. The first-order valence-corrected chi connectivity index (χ1v) is 5.76. The fourth-order valence-electron chi connectivity index (χ4n) is 2.46. The first kappa shape index (κ1) is 11.5. The number of carbonyl (C=O) groups is 2. The average molecular weight is 226 g/mol. The number of hydrogen-bond acceptors (Lipinski definition) is 4. The molecule has 2 fully saturated rings. The molecule has 2 rings (SSSR count). The third-order valence-corrected chi connectivity index (χ3v) is 3.41. The average Bonchev–Trinajstić information content (AvgIpc) is 2.28. The molecular weight excluding hydrogens is 208 g/mol. The van der Waals surface area contributed by atoms with E-state index in [1.54, 1.807) is 4.90 Å². The lowest BCUT2D eigenvalue weighted by Gasteiger charge is -2.46. The van der Waals surface area contributed by atoms with E-state index in [2.05, 4.69) is 5.32 Å². The highest BCUT2D eigenvalue weighted by Crippen LogP contribution is 2.28. The molecule has 3 atom stereocenters. The van der Waals surface area contributed by atoms with Gasteiger partial charge in [0.25, 0.3) is 0 Å². The van der Waals surface area contributed by atoms with E-state index in [0.29, 0.717) is 0 Å². The third-order valence-electron chi connectivity index (χ3n) is 3.41. The summed E-state index contributed by atoms with van der Waals surface area (Å²) in [7, 11) is 1.83. The molecule has 16 heavy (non-hydrogen) atoms. The molecular formula is C11H18N2O3. The van der Waals surface area contributed by atoms with Crippen molar-refractivity contribution in [3.63, 3.8) is 0 Å². The molecule has 5 heteroatoms. The van der Waals surface area contributed by atoms with Crippen molar-refractivity contribution in [2.24, 2.45) is 5.92 Å². The minimum atomic E-state index is -0.606. The second kappa shape index (κ2) is 4.51. The van der Waals surface area contributed by atoms with Crippen LogP contribution in [0.2, 0.25) is 0 Å². The number of amides is 1. The molecule has 2 heterocycles. The number of fused-ring (bicyclic) bond motifs is 1. The van der Waals surface area contributed by atoms with Crippen LogP contribution in [-0.2, 0) is 14.3 Å². The second-order valence-corrected chi connectivity index (χ2v) is 4.43. The minimum absolute atomic E-state index is 0.00778. The number of nitrogens with zero attached hydrogens (tertiary/aromatic N) is 1. The zero-order valence-corrected chi connectivity index (χ0v) is 9.73. The van der Waals surface area contributed by atoms with Crippen molar-refractivity contribution in [3.8, 4) is 0 Å². The first-order valence-electron chi connectivity index (χ1n) is 5.76. The van der Waals surface area contributed by atoms with Crippen molar-refractivity contribution in [2.45, 2.75) is 38.6 Å². The second-order valence-electron chi connectivity index (χ2n) is 4.43. The Bertz CT molecular complexity index is 300. The lowest BCUT2D eigenvalue weighted by molar-refractivity contribution is -0.187. The summed E-state index contributed by atoms with van der Waals surface area (Å²) in [6.45, 7) is 1.69. The largest absolute Gasteiger partial charge is 0.357 e. The van der Waals surface area contributed by atoms with Crippen molar-refractivity contribution in [1.82, 2.24) is 10.2 Å². The molecule has 0 bridgehead atoms. The molecule has 3 unspecified atom stereocenters. The molecule has 0 radical (unpaired) electrons. The summed E-state index contributed by atoms with van der Waals surface area (Å²) >= 11 is 0. The van der Waals surface area contributed by atoms with E-state index in [9.17, 15) is 9.59 Å². The van der Waals surface area contributed by atoms with E-state index in [0.717, 1.165) is 19.3 Å². The molecule has 0 aliphatic carbocycles. The molecule has 2 aliphatic heterocycles. The zero-order valence-electron chi connectivity index (χ0n) is 9.73. The van der Waals surface area contributed by atoms with Crippen LogP contribution in [0.3, 0.4) is 0 Å². The molecule has 0 aromatic carbocycles. The Labute approximate surface area is 95.1 Å². The van der Waals surface area contributed by atoms with Crippen LogP contribution in [0.4, 0.5) is 0 Å². The summed E-state index contributed by atoms with van der Waals surface area (Å²) in [5.41, 5.74) is 0. The van der Waals surface area contributed by atoms with Gasteiger partial charge in [0.15, 0.2) is 0 Å². The fourth-order valence-corrected chi connectivity index (χ4v) is 2.46. The molecule has 0 aromatic rings. The summed E-state index contributed by atoms with van der Waals surface area (Å²) in [4.78, 5) is 25.2. The Balaban J connectivity index is 2.18. The van der Waals surface area contributed by atoms with Gasteiger partial charge in [-0.25, -0.2) is 0 Å². The van der Waals surface area contributed by atoms with Gasteiger partial charge >= 0.3 is 0 Å². The SMILES string of the molecule is CNC1CCCC2OCC(C(C)=O)C(=O)N12. The van der Waals surface area contributed by atoms with Crippen LogP contribution in [0.5, 0.6) is 0 Å². The standard InChI is InChI=1S/C11H18N2O3/c1-7(14)8-6-16-10-5-3-4-9(12-2)13(10)11(8)15/h8-10,12H,3-6H2,1-2H3. The molecule has 0 spiro atoms. The van der Waals surface area contributed by atoms with Gasteiger partial charge in [-0.1, -0.05) is 0 Å². The quantitative estimate of drug-likeness (QED) is 0.679. The van der Waals surface area contributed by atoms with Gasteiger partial charge in [-0.2, -0.15) is 0 Å². The molecule has 90 valence electrons. The van der Waals surface area contributed by atoms with Crippen LogP contribution < -0.4 is 5.32 Å². The summed E-state index contributed by atoms with van der Waals surface area (Å²) < 4.78 is 5.60. The van der Waals surface area contributed by atoms with E-state index in [-0.39, 0.29) is 30.7 Å². The maximum Gasteiger partial charge on any atom is 0.238 e. The van der Waals surface area contributed by atoms with Gasteiger partial charge in [0.1, 0.15) is 17.9 Å². The topological polar surface area (TPSA) is 58.6 Å². The molecule has 0 saturated carbocycles. The monoisotopic (exact) mass is 226 g/mol. The van der Waals surface area contributed by atoms with E-state index in [1.807, 2.05) is 7.05 Å². The van der Waals surface area contributed by atoms with Gasteiger partial charge in [-0.05, 0) is 33.2 Å². The van der Waals surface area contributed by atoms with Crippen LogP contribution in [0, 0.1) is 5.92 Å². The molecule has 1 N–H and O–H groups in total. The Morgan fingerprint density at radius 3 is 2.88 bits per heavy atom. The highest BCUT2D eigenvalue weighted by molar-refractivity contribution is 6.01. The zero-order chi connectivity index (χ0) is 11.7. The van der Waals surface area contributed by atoms with Crippen LogP contribution in [-0.4, -0.2) is 42.6 Å². The Morgan fingerprint density at radius 2 is 2.25 bits per heavy atom. The lowest BCUT2D eigenvalue weighted by Crippen LogP contribution is -2.62. The first-order chi connectivity index (χ1) is 7.65. The molecule has 0 aromatic heterocycles. The molecule has 1 amide bonds. The van der Waals surface area contributed by atoms with Crippen LogP contribution in [0.1, 0.15) is 26.2 Å². The van der Waals surface area contributed by atoms with Crippen molar-refractivity contribution in [1.29, 1.82) is 0 Å². The van der Waals surface area contributed by atoms with Gasteiger partial charge < -0.3 is 15.0 Å². The highest BCUT2D eigenvalue weighted by atomic mass is 16.5. The maximum atomic E-state index is 12.2. The number of hydrogen-bond donors (Lipinski definition) is 1. The molecule has 2 aliphatic rings. The number of nitrogens with one attached hydrogen (secondary N) is 1. The van der Waals surface area contributed by atoms with Gasteiger partial charge in [0.2, 0.25) is 5.91 Å². The van der Waals surface area contributed by atoms with Gasteiger partial charge in [0.05, 0.1) is 12.8 Å². The van der Waals surface area contributed by atoms with Crippen molar-refractivity contribution < 1.29 is 14.3 Å². The fraction of sp³-hybridized carbons (Fsp3) is 0.818. The van der Waals surface area contributed by atoms with E-state index < -0.39 is 5.92 Å². The predicted molar refractivity (Wildman–Crippen MR) is 57.5 cm³/mol. The Morgan fingerprint density at radius 1 is 1.50 bits per heavy atom. The summed E-state index contributed by atoms with van der Waals surface area (Å²) in [5, 5.41) is 3.11. The number of ketones is 1. The van der Waals surface area contributed by atoms with Crippen molar-refractivity contribution >= 4 is 11.7 Å². The third kappa shape index (κ3) is 1.85. The normalized spacial score (nSPS) is 34.8. The van der Waals surface area contributed by atoms with E-state index >= 15 is 0 Å². The number of piperidine rings is 1. The number of ether oxygens (including phenoxy) is 1. The van der Waals surface area contributed by atoms with Gasteiger partial charge in [-0.15, -0.1) is 0 Å². The molecule has 2 saturated heterocycles. The number of Topliss-reactive ketones (excluding diaryl/α,β-unsaturated/α-hetero) is 1. The van der Waals surface area contributed by atoms with E-state index in [1.165, 1.54) is 6.92 Å². The number of carbonyl (C=O) groups excluding carboxylic acids is 2. The van der Waals surface area contributed by atoms with Crippen LogP contribution >= 0.6 is 0 Å². The number of rotatable bonds is 2. The predicted octanol–water partition coefficient (Wildman–Crippen LogP) is 0.106. The van der Waals surface area contributed by atoms with Crippen molar-refractivity contribution in [2.75, 3.05) is 13.7 Å². The lowest BCUT2D eigenvalue weighted by atomic mass is 9.97. The summed E-state index contributed by atoms with van der Waals surface area (Å²) in [5.74, 6) is -0.795. The van der Waals surface area contributed by atoms with Gasteiger partial charge in [0, 0.05) is 0 Å².